The second-order valence-corrected chi connectivity index (χ2v) is 4.98. The summed E-state index contributed by atoms with van der Waals surface area (Å²) in [6, 6.07) is 13.4. The second-order valence-electron chi connectivity index (χ2n) is 4.98. The van der Waals surface area contributed by atoms with Crippen molar-refractivity contribution in [3.8, 4) is 0 Å². The molecule has 2 rings (SSSR count). The molecule has 22 heavy (non-hydrogen) atoms. The van der Waals surface area contributed by atoms with Gasteiger partial charge in [-0.1, -0.05) is 18.2 Å². The molecule has 0 bridgehead atoms. The summed E-state index contributed by atoms with van der Waals surface area (Å²) in [5, 5.41) is 14.6. The van der Waals surface area contributed by atoms with E-state index in [0.29, 0.717) is 5.56 Å². The Morgan fingerprint density at radius 2 is 1.95 bits per heavy atom. The molecule has 4 nitrogen and oxygen atoms in total. The molecular weight excluding hydrogens is 283 g/mol. The Kier molecular flexibility index (Phi) is 5.49. The molecule has 0 aliphatic heterocycles. The number of nitrogens with one attached hydrogen (secondary N) is 2. The van der Waals surface area contributed by atoms with Crippen molar-refractivity contribution in [1.29, 1.82) is 0 Å². The minimum Gasteiger partial charge on any atom is -0.395 e. The van der Waals surface area contributed by atoms with Crippen molar-refractivity contribution in [2.24, 2.45) is 0 Å². The number of amides is 1. The van der Waals surface area contributed by atoms with Crippen LogP contribution in [-0.2, 0) is 0 Å². The fourth-order valence-corrected chi connectivity index (χ4v) is 2.11. The van der Waals surface area contributed by atoms with Gasteiger partial charge in [0.2, 0.25) is 0 Å². The van der Waals surface area contributed by atoms with Crippen LogP contribution in [0.3, 0.4) is 0 Å². The molecule has 0 spiro atoms. The first kappa shape index (κ1) is 16.0. The Balaban J connectivity index is 2.06. The summed E-state index contributed by atoms with van der Waals surface area (Å²) in [5.41, 5.74) is 2.27. The van der Waals surface area contributed by atoms with E-state index in [1.165, 1.54) is 12.1 Å². The first-order valence-electron chi connectivity index (χ1n) is 7.11. The maximum absolute atomic E-state index is 12.9. The lowest BCUT2D eigenvalue weighted by Gasteiger charge is -2.16. The van der Waals surface area contributed by atoms with Crippen molar-refractivity contribution in [3.63, 3.8) is 0 Å². The minimum atomic E-state index is -0.265. The lowest BCUT2D eigenvalue weighted by Crippen LogP contribution is -2.26. The molecular formula is C17H19FN2O2. The average molecular weight is 302 g/mol. The number of aliphatic hydroxyl groups is 1. The normalized spacial score (nSPS) is 11.8. The molecule has 0 saturated heterocycles. The molecule has 0 heterocycles. The second kappa shape index (κ2) is 7.56. The summed E-state index contributed by atoms with van der Waals surface area (Å²) in [5.74, 6) is -0.495. The predicted octanol–water partition coefficient (Wildman–Crippen LogP) is 2.72. The Bertz CT molecular complexity index is 629. The molecule has 5 heteroatoms. The Morgan fingerprint density at radius 3 is 2.64 bits per heavy atom. The number of anilines is 1. The molecule has 1 amide bonds. The monoisotopic (exact) mass is 302 g/mol. The first-order chi connectivity index (χ1) is 10.6. The molecule has 116 valence electrons. The highest BCUT2D eigenvalue weighted by molar-refractivity contribution is 5.95. The van der Waals surface area contributed by atoms with Crippen molar-refractivity contribution >= 4 is 11.6 Å². The highest BCUT2D eigenvalue weighted by Gasteiger charge is 2.08. The van der Waals surface area contributed by atoms with Gasteiger partial charge in [0.25, 0.3) is 5.91 Å². The van der Waals surface area contributed by atoms with Crippen LogP contribution >= 0.6 is 0 Å². The highest BCUT2D eigenvalue weighted by atomic mass is 19.1. The third-order valence-electron chi connectivity index (χ3n) is 3.28. The van der Waals surface area contributed by atoms with E-state index in [1.807, 2.05) is 13.0 Å². The standard InChI is InChI=1S/C17H19FN2O2/c1-12(13-5-7-15(18)8-6-13)20-16-4-2-3-14(11-16)17(22)19-9-10-21/h2-8,11-12,20-21H,9-10H2,1H3,(H,19,22). The molecule has 0 radical (unpaired) electrons. The Morgan fingerprint density at radius 1 is 1.23 bits per heavy atom. The maximum Gasteiger partial charge on any atom is 0.251 e. The van der Waals surface area contributed by atoms with Crippen LogP contribution in [0.5, 0.6) is 0 Å². The summed E-state index contributed by atoms with van der Waals surface area (Å²) in [4.78, 5) is 11.9. The predicted molar refractivity (Wildman–Crippen MR) is 84.3 cm³/mol. The smallest absolute Gasteiger partial charge is 0.251 e. The zero-order valence-corrected chi connectivity index (χ0v) is 12.3. The number of hydrogen-bond donors (Lipinski definition) is 3. The minimum absolute atomic E-state index is 0.0173. The molecule has 2 aromatic rings. The molecule has 0 fully saturated rings. The van der Waals surface area contributed by atoms with Crippen molar-refractivity contribution < 1.29 is 14.3 Å². The fourth-order valence-electron chi connectivity index (χ4n) is 2.11. The lowest BCUT2D eigenvalue weighted by molar-refractivity contribution is 0.0945. The van der Waals surface area contributed by atoms with Gasteiger partial charge in [-0.05, 0) is 42.8 Å². The van der Waals surface area contributed by atoms with Gasteiger partial charge >= 0.3 is 0 Å². The number of hydrogen-bond acceptors (Lipinski definition) is 3. The maximum atomic E-state index is 12.9. The Labute approximate surface area is 129 Å². The zero-order chi connectivity index (χ0) is 15.9. The van der Waals surface area contributed by atoms with Gasteiger partial charge in [-0.3, -0.25) is 4.79 Å². The molecule has 0 aliphatic rings. The van der Waals surface area contributed by atoms with Crippen LogP contribution in [0, 0.1) is 5.82 Å². The SMILES string of the molecule is CC(Nc1cccc(C(=O)NCCO)c1)c1ccc(F)cc1. The van der Waals surface area contributed by atoms with E-state index in [-0.39, 0.29) is 30.9 Å². The summed E-state index contributed by atoms with van der Waals surface area (Å²) >= 11 is 0. The number of carbonyl (C=O) groups is 1. The lowest BCUT2D eigenvalue weighted by atomic mass is 10.1. The third kappa shape index (κ3) is 4.30. The summed E-state index contributed by atoms with van der Waals surface area (Å²) in [6.45, 7) is 2.10. The molecule has 1 unspecified atom stereocenters. The highest BCUT2D eigenvalue weighted by Crippen LogP contribution is 2.20. The van der Waals surface area contributed by atoms with Gasteiger partial charge in [0.1, 0.15) is 5.82 Å². The molecule has 2 aromatic carbocycles. The van der Waals surface area contributed by atoms with Crippen LogP contribution in [0.4, 0.5) is 10.1 Å². The Hall–Kier alpha value is -2.40. The molecule has 1 atom stereocenters. The molecule has 3 N–H and O–H groups in total. The van der Waals surface area contributed by atoms with Crippen molar-refractivity contribution in [3.05, 3.63) is 65.5 Å². The van der Waals surface area contributed by atoms with E-state index < -0.39 is 0 Å². The molecule has 0 saturated carbocycles. The van der Waals surface area contributed by atoms with Crippen LogP contribution in [0.1, 0.15) is 28.9 Å². The van der Waals surface area contributed by atoms with E-state index in [4.69, 9.17) is 5.11 Å². The van der Waals surface area contributed by atoms with Gasteiger partial charge in [0, 0.05) is 23.8 Å². The first-order valence-corrected chi connectivity index (χ1v) is 7.11. The summed E-state index contributed by atoms with van der Waals surface area (Å²) in [6.07, 6.45) is 0. The van der Waals surface area contributed by atoms with Gasteiger partial charge in [-0.2, -0.15) is 0 Å². The van der Waals surface area contributed by atoms with Crippen LogP contribution in [0.15, 0.2) is 48.5 Å². The molecule has 0 aromatic heterocycles. The number of benzene rings is 2. The van der Waals surface area contributed by atoms with Crippen LogP contribution in [0.25, 0.3) is 0 Å². The van der Waals surface area contributed by atoms with Crippen LogP contribution in [-0.4, -0.2) is 24.2 Å². The van der Waals surface area contributed by atoms with Gasteiger partial charge in [0.15, 0.2) is 0 Å². The van der Waals surface area contributed by atoms with E-state index in [2.05, 4.69) is 10.6 Å². The van der Waals surface area contributed by atoms with Crippen molar-refractivity contribution in [2.45, 2.75) is 13.0 Å². The van der Waals surface area contributed by atoms with E-state index in [0.717, 1.165) is 11.3 Å². The topological polar surface area (TPSA) is 61.4 Å². The number of rotatable bonds is 6. The van der Waals surface area contributed by atoms with Gasteiger partial charge in [0.05, 0.1) is 6.61 Å². The number of carbonyl (C=O) groups excluding carboxylic acids is 1. The fraction of sp³-hybridized carbons (Fsp3) is 0.235. The van der Waals surface area contributed by atoms with Crippen molar-refractivity contribution in [2.75, 3.05) is 18.5 Å². The van der Waals surface area contributed by atoms with E-state index in [1.54, 1.807) is 30.3 Å². The van der Waals surface area contributed by atoms with Gasteiger partial charge < -0.3 is 15.7 Å². The summed E-state index contributed by atoms with van der Waals surface area (Å²) < 4.78 is 12.9. The van der Waals surface area contributed by atoms with E-state index >= 15 is 0 Å². The average Bonchev–Trinajstić information content (AvgIpc) is 2.53. The van der Waals surface area contributed by atoms with Gasteiger partial charge in [-0.15, -0.1) is 0 Å². The largest absolute Gasteiger partial charge is 0.395 e. The number of halogens is 1. The molecule has 0 aliphatic carbocycles. The summed E-state index contributed by atoms with van der Waals surface area (Å²) in [7, 11) is 0. The zero-order valence-electron chi connectivity index (χ0n) is 12.3. The van der Waals surface area contributed by atoms with Gasteiger partial charge in [-0.25, -0.2) is 4.39 Å². The van der Waals surface area contributed by atoms with Crippen molar-refractivity contribution in [1.82, 2.24) is 5.32 Å². The van der Waals surface area contributed by atoms with Crippen LogP contribution < -0.4 is 10.6 Å². The third-order valence-corrected chi connectivity index (χ3v) is 3.28. The quantitative estimate of drug-likeness (QED) is 0.769. The number of aliphatic hydroxyl groups excluding tert-OH is 1. The van der Waals surface area contributed by atoms with E-state index in [9.17, 15) is 9.18 Å². The van der Waals surface area contributed by atoms with Crippen LogP contribution in [0.2, 0.25) is 0 Å².